The normalized spacial score (nSPS) is 11.0. The molecule has 0 unspecified atom stereocenters. The number of thiophene rings is 1. The molecule has 0 aliphatic heterocycles. The quantitative estimate of drug-likeness (QED) is 0.269. The fourth-order valence-electron chi connectivity index (χ4n) is 3.12. The number of amides is 1. The molecule has 32 heavy (non-hydrogen) atoms. The van der Waals surface area contributed by atoms with Crippen LogP contribution >= 0.6 is 34.0 Å². The molecule has 0 bridgehead atoms. The van der Waals surface area contributed by atoms with Crippen LogP contribution in [0.2, 0.25) is 0 Å². The molecule has 0 radical (unpaired) electrons. The lowest BCUT2D eigenvalue weighted by molar-refractivity contribution is 0.103. The summed E-state index contributed by atoms with van der Waals surface area (Å²) >= 11 is 4.48. The maximum absolute atomic E-state index is 12.8. The molecular formula is C24H19N3O2S3. The van der Waals surface area contributed by atoms with E-state index in [1.54, 1.807) is 11.3 Å². The van der Waals surface area contributed by atoms with Crippen molar-refractivity contribution in [3.05, 3.63) is 70.9 Å². The highest BCUT2D eigenvalue weighted by molar-refractivity contribution is 7.26. The van der Waals surface area contributed by atoms with Crippen molar-refractivity contribution in [2.45, 2.75) is 13.3 Å². The zero-order chi connectivity index (χ0) is 21.9. The molecule has 0 spiro atoms. The van der Waals surface area contributed by atoms with E-state index in [-0.39, 0.29) is 5.91 Å². The Hall–Kier alpha value is -3.07. The van der Waals surface area contributed by atoms with Crippen molar-refractivity contribution < 1.29 is 9.53 Å². The number of nitrogens with one attached hydrogen (secondary N) is 1. The van der Waals surface area contributed by atoms with Crippen LogP contribution in [0.3, 0.4) is 0 Å². The molecule has 160 valence electrons. The summed E-state index contributed by atoms with van der Waals surface area (Å²) in [4.78, 5) is 23.6. The number of nitrogens with zero attached hydrogens (tertiary/aromatic N) is 2. The van der Waals surface area contributed by atoms with Gasteiger partial charge in [0.2, 0.25) is 0 Å². The van der Waals surface area contributed by atoms with Gasteiger partial charge in [-0.1, -0.05) is 19.1 Å². The third-order valence-electron chi connectivity index (χ3n) is 4.68. The Morgan fingerprint density at radius 1 is 1.00 bits per heavy atom. The van der Waals surface area contributed by atoms with Crippen LogP contribution in [0.5, 0.6) is 5.75 Å². The van der Waals surface area contributed by atoms with Crippen molar-refractivity contribution in [1.29, 1.82) is 0 Å². The molecule has 3 heterocycles. The van der Waals surface area contributed by atoms with Gasteiger partial charge in [-0.05, 0) is 55.0 Å². The van der Waals surface area contributed by atoms with Gasteiger partial charge in [-0.15, -0.1) is 34.0 Å². The van der Waals surface area contributed by atoms with E-state index in [0.717, 1.165) is 43.5 Å². The standard InChI is InChI=1S/C24H19N3O2S3/c1-2-13-29-16-9-7-15(8-10-16)18-14-30-24(26-18)27-22(28)20-11-12-21(31-20)23-25-17-5-3-4-6-19(17)32-23/h3-12,14H,2,13H2,1H3,(H,26,27,28). The fraction of sp³-hybridized carbons (Fsp3) is 0.125. The molecule has 0 fully saturated rings. The molecule has 0 saturated carbocycles. The number of para-hydroxylation sites is 1. The van der Waals surface area contributed by atoms with Crippen molar-refractivity contribution in [1.82, 2.24) is 9.97 Å². The van der Waals surface area contributed by atoms with Crippen LogP contribution in [0.25, 0.3) is 31.4 Å². The minimum atomic E-state index is -0.161. The first-order chi connectivity index (χ1) is 15.7. The molecule has 3 aromatic heterocycles. The first-order valence-corrected chi connectivity index (χ1v) is 12.7. The molecule has 0 saturated heterocycles. The summed E-state index contributed by atoms with van der Waals surface area (Å²) in [6.07, 6.45) is 0.975. The monoisotopic (exact) mass is 477 g/mol. The van der Waals surface area contributed by atoms with Crippen molar-refractivity contribution in [3.8, 4) is 26.9 Å². The van der Waals surface area contributed by atoms with Gasteiger partial charge in [0.05, 0.1) is 32.3 Å². The molecule has 8 heteroatoms. The second-order valence-electron chi connectivity index (χ2n) is 7.02. The Morgan fingerprint density at radius 3 is 2.66 bits per heavy atom. The fourth-order valence-corrected chi connectivity index (χ4v) is 5.75. The van der Waals surface area contributed by atoms with E-state index in [2.05, 4.69) is 28.3 Å². The number of ether oxygens (including phenoxy) is 1. The highest BCUT2D eigenvalue weighted by atomic mass is 32.1. The number of rotatable bonds is 7. The van der Waals surface area contributed by atoms with Gasteiger partial charge in [-0.25, -0.2) is 9.97 Å². The number of fused-ring (bicyclic) bond motifs is 1. The van der Waals surface area contributed by atoms with E-state index in [1.807, 2.05) is 60.0 Å². The third-order valence-corrected chi connectivity index (χ3v) is 7.73. The van der Waals surface area contributed by atoms with Gasteiger partial charge in [0.1, 0.15) is 10.8 Å². The minimum absolute atomic E-state index is 0.161. The van der Waals surface area contributed by atoms with E-state index < -0.39 is 0 Å². The molecule has 5 rings (SSSR count). The second-order valence-corrected chi connectivity index (χ2v) is 9.99. The van der Waals surface area contributed by atoms with E-state index in [0.29, 0.717) is 16.6 Å². The summed E-state index contributed by atoms with van der Waals surface area (Å²) in [7, 11) is 0. The van der Waals surface area contributed by atoms with Gasteiger partial charge in [0.25, 0.3) is 5.91 Å². The predicted molar refractivity (Wildman–Crippen MR) is 134 cm³/mol. The number of anilines is 1. The number of aromatic nitrogens is 2. The second kappa shape index (κ2) is 9.20. The summed E-state index contributed by atoms with van der Waals surface area (Å²) < 4.78 is 6.77. The molecular weight excluding hydrogens is 458 g/mol. The topological polar surface area (TPSA) is 64.1 Å². The summed E-state index contributed by atoms with van der Waals surface area (Å²) in [5.41, 5.74) is 2.79. The third kappa shape index (κ3) is 4.43. The van der Waals surface area contributed by atoms with Crippen LogP contribution in [0.15, 0.2) is 66.0 Å². The largest absolute Gasteiger partial charge is 0.494 e. The average Bonchev–Trinajstić information content (AvgIpc) is 3.57. The van der Waals surface area contributed by atoms with E-state index in [4.69, 9.17) is 4.74 Å². The van der Waals surface area contributed by atoms with Crippen molar-refractivity contribution in [3.63, 3.8) is 0 Å². The average molecular weight is 478 g/mol. The van der Waals surface area contributed by atoms with Gasteiger partial charge in [0, 0.05) is 10.9 Å². The number of benzene rings is 2. The van der Waals surface area contributed by atoms with Gasteiger partial charge >= 0.3 is 0 Å². The Morgan fingerprint density at radius 2 is 1.84 bits per heavy atom. The molecule has 2 aromatic carbocycles. The van der Waals surface area contributed by atoms with Gasteiger partial charge in [-0.3, -0.25) is 10.1 Å². The zero-order valence-corrected chi connectivity index (χ0v) is 19.7. The SMILES string of the molecule is CCCOc1ccc(-c2csc(NC(=O)c3ccc(-c4nc5ccccc5s4)s3)n2)cc1. The number of thiazole rings is 2. The maximum atomic E-state index is 12.8. The maximum Gasteiger partial charge on any atom is 0.267 e. The Labute approximate surface area is 197 Å². The molecule has 5 nitrogen and oxygen atoms in total. The van der Waals surface area contributed by atoms with E-state index in [1.165, 1.54) is 22.7 Å². The van der Waals surface area contributed by atoms with Crippen LogP contribution in [0.4, 0.5) is 5.13 Å². The molecule has 5 aromatic rings. The van der Waals surface area contributed by atoms with Crippen molar-refractivity contribution in [2.24, 2.45) is 0 Å². The molecule has 1 N–H and O–H groups in total. The first kappa shape index (κ1) is 20.8. The van der Waals surface area contributed by atoms with Crippen molar-refractivity contribution >= 4 is 55.3 Å². The Kier molecular flexibility index (Phi) is 5.98. The van der Waals surface area contributed by atoms with Crippen LogP contribution < -0.4 is 10.1 Å². The van der Waals surface area contributed by atoms with Crippen LogP contribution in [0, 0.1) is 0 Å². The highest BCUT2D eigenvalue weighted by Gasteiger charge is 2.15. The summed E-state index contributed by atoms with van der Waals surface area (Å²) in [5.74, 6) is 0.688. The lowest BCUT2D eigenvalue weighted by Gasteiger charge is -2.04. The number of hydrogen-bond donors (Lipinski definition) is 1. The van der Waals surface area contributed by atoms with Crippen molar-refractivity contribution in [2.75, 3.05) is 11.9 Å². The molecule has 0 aliphatic rings. The smallest absolute Gasteiger partial charge is 0.267 e. The number of carbonyl (C=O) groups is 1. The van der Waals surface area contributed by atoms with Gasteiger partial charge in [-0.2, -0.15) is 0 Å². The molecule has 0 atom stereocenters. The summed E-state index contributed by atoms with van der Waals surface area (Å²) in [5, 5.41) is 6.36. The highest BCUT2D eigenvalue weighted by Crippen LogP contribution is 2.35. The lowest BCUT2D eigenvalue weighted by Crippen LogP contribution is -2.09. The molecule has 1 amide bonds. The van der Waals surface area contributed by atoms with Crippen LogP contribution in [0.1, 0.15) is 23.0 Å². The summed E-state index contributed by atoms with van der Waals surface area (Å²) in [6, 6.07) is 19.7. The molecule has 0 aliphatic carbocycles. The minimum Gasteiger partial charge on any atom is -0.494 e. The Bertz CT molecular complexity index is 1340. The lowest BCUT2D eigenvalue weighted by atomic mass is 10.2. The van der Waals surface area contributed by atoms with Crippen LogP contribution in [-0.4, -0.2) is 22.5 Å². The Balaban J connectivity index is 1.27. The van der Waals surface area contributed by atoms with Gasteiger partial charge in [0.15, 0.2) is 5.13 Å². The number of carbonyl (C=O) groups excluding carboxylic acids is 1. The first-order valence-electron chi connectivity index (χ1n) is 10.2. The number of hydrogen-bond acceptors (Lipinski definition) is 7. The van der Waals surface area contributed by atoms with Crippen LogP contribution in [-0.2, 0) is 0 Å². The van der Waals surface area contributed by atoms with E-state index in [9.17, 15) is 4.79 Å². The van der Waals surface area contributed by atoms with E-state index >= 15 is 0 Å². The van der Waals surface area contributed by atoms with Gasteiger partial charge < -0.3 is 4.74 Å². The predicted octanol–water partition coefficient (Wildman–Crippen LogP) is 7.19. The summed E-state index contributed by atoms with van der Waals surface area (Å²) in [6.45, 7) is 2.78. The zero-order valence-electron chi connectivity index (χ0n) is 17.2.